The van der Waals surface area contributed by atoms with Gasteiger partial charge in [0.2, 0.25) is 0 Å². The maximum Gasteiger partial charge on any atom is 0.0745 e. The predicted molar refractivity (Wildman–Crippen MR) is 67.8 cm³/mol. The molecule has 0 spiro atoms. The Morgan fingerprint density at radius 2 is 1.88 bits per heavy atom. The highest BCUT2D eigenvalue weighted by molar-refractivity contribution is 5.13. The highest BCUT2D eigenvalue weighted by atomic mass is 16.5. The van der Waals surface area contributed by atoms with Crippen molar-refractivity contribution in [1.82, 2.24) is 0 Å². The number of aliphatic hydroxyl groups excluding tert-OH is 1. The molecule has 0 heterocycles. The number of rotatable bonds is 8. The van der Waals surface area contributed by atoms with Crippen molar-refractivity contribution >= 4 is 0 Å². The Hall–Kier alpha value is -0.900. The van der Waals surface area contributed by atoms with Crippen LogP contribution in [0.1, 0.15) is 25.8 Å². The smallest absolute Gasteiger partial charge is 0.0745 e. The van der Waals surface area contributed by atoms with Crippen molar-refractivity contribution in [3.8, 4) is 0 Å². The molecule has 3 nitrogen and oxygen atoms in total. The molecule has 1 rings (SSSR count). The molecule has 2 atom stereocenters. The van der Waals surface area contributed by atoms with Gasteiger partial charge in [-0.15, -0.1) is 0 Å². The van der Waals surface area contributed by atoms with E-state index < -0.39 is 6.10 Å². The molecule has 0 fully saturated rings. The van der Waals surface area contributed by atoms with Crippen LogP contribution in [0.3, 0.4) is 0 Å². The van der Waals surface area contributed by atoms with Crippen molar-refractivity contribution < 1.29 is 14.6 Å². The van der Waals surface area contributed by atoms with Gasteiger partial charge < -0.3 is 14.6 Å². The number of hydrogen-bond acceptors (Lipinski definition) is 3. The van der Waals surface area contributed by atoms with Crippen molar-refractivity contribution in [2.24, 2.45) is 0 Å². The van der Waals surface area contributed by atoms with Gasteiger partial charge in [0.15, 0.2) is 0 Å². The molecule has 96 valence electrons. The molecule has 0 saturated carbocycles. The van der Waals surface area contributed by atoms with Gasteiger partial charge in [0.1, 0.15) is 0 Å². The maximum absolute atomic E-state index is 9.01. The van der Waals surface area contributed by atoms with Crippen LogP contribution in [0.2, 0.25) is 0 Å². The van der Waals surface area contributed by atoms with E-state index in [9.17, 15) is 0 Å². The lowest BCUT2D eigenvalue weighted by molar-refractivity contribution is 0.00315. The summed E-state index contributed by atoms with van der Waals surface area (Å²) in [6, 6.07) is 10.1. The third-order valence-corrected chi connectivity index (χ3v) is 2.41. The van der Waals surface area contributed by atoms with Crippen molar-refractivity contribution in [3.63, 3.8) is 0 Å². The van der Waals surface area contributed by atoms with Gasteiger partial charge >= 0.3 is 0 Å². The first-order chi connectivity index (χ1) is 8.18. The molecular weight excluding hydrogens is 216 g/mol. The molecule has 1 aromatic carbocycles. The summed E-state index contributed by atoms with van der Waals surface area (Å²) in [6.45, 7) is 5.41. The highest BCUT2D eigenvalue weighted by Crippen LogP contribution is 2.05. The van der Waals surface area contributed by atoms with Gasteiger partial charge in [0.05, 0.1) is 25.4 Å². The average molecular weight is 238 g/mol. The fourth-order valence-electron chi connectivity index (χ4n) is 1.40. The maximum atomic E-state index is 9.01. The van der Waals surface area contributed by atoms with Crippen LogP contribution in [0.5, 0.6) is 0 Å². The monoisotopic (exact) mass is 238 g/mol. The van der Waals surface area contributed by atoms with E-state index in [0.29, 0.717) is 19.8 Å². The van der Waals surface area contributed by atoms with Crippen LogP contribution in [-0.2, 0) is 16.1 Å². The molecule has 0 bridgehead atoms. The minimum Gasteiger partial charge on any atom is -0.391 e. The van der Waals surface area contributed by atoms with Crippen molar-refractivity contribution in [3.05, 3.63) is 35.9 Å². The van der Waals surface area contributed by atoms with Gasteiger partial charge in [-0.25, -0.2) is 0 Å². The molecule has 1 N–H and O–H groups in total. The lowest BCUT2D eigenvalue weighted by Crippen LogP contribution is -2.15. The van der Waals surface area contributed by atoms with Crippen LogP contribution in [0.25, 0.3) is 0 Å². The molecule has 0 aromatic heterocycles. The lowest BCUT2D eigenvalue weighted by atomic mass is 10.2. The normalized spacial score (nSPS) is 14.5. The van der Waals surface area contributed by atoms with E-state index in [1.165, 1.54) is 5.56 Å². The van der Waals surface area contributed by atoms with Crippen molar-refractivity contribution in [2.45, 2.75) is 39.1 Å². The summed E-state index contributed by atoms with van der Waals surface area (Å²) in [5.41, 5.74) is 1.18. The second-order valence-electron chi connectivity index (χ2n) is 4.32. The summed E-state index contributed by atoms with van der Waals surface area (Å²) in [4.78, 5) is 0. The summed E-state index contributed by atoms with van der Waals surface area (Å²) >= 11 is 0. The Balaban J connectivity index is 2.07. The van der Waals surface area contributed by atoms with Crippen LogP contribution in [-0.4, -0.2) is 30.5 Å². The van der Waals surface area contributed by atoms with E-state index in [4.69, 9.17) is 14.6 Å². The quantitative estimate of drug-likeness (QED) is 0.707. The first-order valence-corrected chi connectivity index (χ1v) is 6.10. The topological polar surface area (TPSA) is 38.7 Å². The fraction of sp³-hybridized carbons (Fsp3) is 0.571. The number of hydrogen-bond donors (Lipinski definition) is 1. The summed E-state index contributed by atoms with van der Waals surface area (Å²) in [5.74, 6) is 0. The van der Waals surface area contributed by atoms with Gasteiger partial charge in [-0.05, 0) is 25.8 Å². The lowest BCUT2D eigenvalue weighted by Gasteiger charge is -2.13. The van der Waals surface area contributed by atoms with Crippen LogP contribution in [0.15, 0.2) is 30.3 Å². The van der Waals surface area contributed by atoms with E-state index in [-0.39, 0.29) is 6.10 Å². The van der Waals surface area contributed by atoms with Gasteiger partial charge in [0, 0.05) is 6.61 Å². The summed E-state index contributed by atoms with van der Waals surface area (Å²) in [7, 11) is 0. The Morgan fingerprint density at radius 3 is 2.53 bits per heavy atom. The number of benzene rings is 1. The number of aliphatic hydroxyl groups is 1. The zero-order chi connectivity index (χ0) is 12.5. The van der Waals surface area contributed by atoms with E-state index >= 15 is 0 Å². The molecule has 17 heavy (non-hydrogen) atoms. The Labute approximate surface area is 103 Å². The zero-order valence-corrected chi connectivity index (χ0v) is 10.6. The van der Waals surface area contributed by atoms with Gasteiger partial charge in [-0.1, -0.05) is 30.3 Å². The van der Waals surface area contributed by atoms with E-state index in [2.05, 4.69) is 12.1 Å². The van der Waals surface area contributed by atoms with E-state index in [1.54, 1.807) is 6.92 Å². The van der Waals surface area contributed by atoms with Crippen LogP contribution in [0.4, 0.5) is 0 Å². The Bertz CT molecular complexity index is 285. The Morgan fingerprint density at radius 1 is 1.18 bits per heavy atom. The average Bonchev–Trinajstić information content (AvgIpc) is 2.33. The minimum absolute atomic E-state index is 0.171. The van der Waals surface area contributed by atoms with Crippen molar-refractivity contribution in [2.75, 3.05) is 13.2 Å². The standard InChI is InChI=1S/C14H22O3/c1-12(15)10-16-9-8-13(2)17-11-14-6-4-3-5-7-14/h3-7,12-13,15H,8-11H2,1-2H3. The van der Waals surface area contributed by atoms with Gasteiger partial charge in [0.25, 0.3) is 0 Å². The Kier molecular flexibility index (Phi) is 6.86. The van der Waals surface area contributed by atoms with Crippen LogP contribution >= 0.6 is 0 Å². The van der Waals surface area contributed by atoms with E-state index in [1.807, 2.05) is 25.1 Å². The fourth-order valence-corrected chi connectivity index (χ4v) is 1.40. The number of ether oxygens (including phenoxy) is 2. The molecule has 0 radical (unpaired) electrons. The molecule has 3 heteroatoms. The van der Waals surface area contributed by atoms with Gasteiger partial charge in [-0.3, -0.25) is 0 Å². The van der Waals surface area contributed by atoms with Gasteiger partial charge in [-0.2, -0.15) is 0 Å². The van der Waals surface area contributed by atoms with Crippen LogP contribution in [0, 0.1) is 0 Å². The van der Waals surface area contributed by atoms with Crippen LogP contribution < -0.4 is 0 Å². The van der Waals surface area contributed by atoms with Crippen molar-refractivity contribution in [1.29, 1.82) is 0 Å². The van der Waals surface area contributed by atoms with E-state index in [0.717, 1.165) is 6.42 Å². The highest BCUT2D eigenvalue weighted by Gasteiger charge is 2.03. The molecule has 0 aliphatic rings. The second-order valence-corrected chi connectivity index (χ2v) is 4.32. The molecule has 0 amide bonds. The second kappa shape index (κ2) is 8.23. The zero-order valence-electron chi connectivity index (χ0n) is 10.6. The predicted octanol–water partition coefficient (Wildman–Crippen LogP) is 2.38. The molecule has 0 saturated heterocycles. The third-order valence-electron chi connectivity index (χ3n) is 2.41. The molecule has 1 aromatic rings. The first-order valence-electron chi connectivity index (χ1n) is 6.10. The molecular formula is C14H22O3. The molecule has 0 aliphatic heterocycles. The third kappa shape index (κ3) is 7.10. The summed E-state index contributed by atoms with van der Waals surface area (Å²) in [6.07, 6.45) is 0.624. The largest absolute Gasteiger partial charge is 0.391 e. The molecule has 2 unspecified atom stereocenters. The summed E-state index contributed by atoms with van der Waals surface area (Å²) < 4.78 is 11.0. The molecule has 0 aliphatic carbocycles. The SMILES string of the molecule is CC(O)COCCC(C)OCc1ccccc1. The minimum atomic E-state index is -0.393. The summed E-state index contributed by atoms with van der Waals surface area (Å²) in [5, 5.41) is 9.01. The first kappa shape index (κ1) is 14.2.